The molecule has 2 aromatic carbocycles. The van der Waals surface area contributed by atoms with E-state index < -0.39 is 6.04 Å². The van der Waals surface area contributed by atoms with Gasteiger partial charge in [0.05, 0.1) is 24.2 Å². The molecular weight excluding hydrogens is 392 g/mol. The number of hydrogen-bond acceptors (Lipinski definition) is 4. The number of nitrogens with one attached hydrogen (secondary N) is 3. The SMILES string of the molecule is COc1ccc2nc([C@@H](C)NC(=O)[C@@H](CC(C)C)NC(=O)c3ccccc3C)[nH]c2c1. The number of carbonyl (C=O) groups excluding carboxylic acids is 2. The Balaban J connectivity index is 1.74. The molecule has 31 heavy (non-hydrogen) atoms. The van der Waals surface area contributed by atoms with Crippen LogP contribution in [0.2, 0.25) is 0 Å². The van der Waals surface area contributed by atoms with E-state index >= 15 is 0 Å². The Labute approximate surface area is 182 Å². The highest BCUT2D eigenvalue weighted by Crippen LogP contribution is 2.21. The van der Waals surface area contributed by atoms with Crippen molar-refractivity contribution < 1.29 is 14.3 Å². The van der Waals surface area contributed by atoms with Crippen LogP contribution in [-0.4, -0.2) is 34.9 Å². The summed E-state index contributed by atoms with van der Waals surface area (Å²) in [5, 5.41) is 5.89. The number of aromatic nitrogens is 2. The number of aryl methyl sites for hydroxylation is 1. The summed E-state index contributed by atoms with van der Waals surface area (Å²) in [6.07, 6.45) is 0.535. The zero-order chi connectivity index (χ0) is 22.5. The highest BCUT2D eigenvalue weighted by molar-refractivity contribution is 5.98. The number of imidazole rings is 1. The summed E-state index contributed by atoms with van der Waals surface area (Å²) in [7, 11) is 1.61. The Kier molecular flexibility index (Phi) is 6.95. The fourth-order valence-electron chi connectivity index (χ4n) is 3.49. The van der Waals surface area contributed by atoms with E-state index in [4.69, 9.17) is 4.74 Å². The zero-order valence-corrected chi connectivity index (χ0v) is 18.7. The topological polar surface area (TPSA) is 96.1 Å². The predicted octanol–water partition coefficient (Wildman–Crippen LogP) is 3.90. The second-order valence-corrected chi connectivity index (χ2v) is 8.21. The smallest absolute Gasteiger partial charge is 0.252 e. The predicted molar refractivity (Wildman–Crippen MR) is 121 cm³/mol. The van der Waals surface area contributed by atoms with Crippen LogP contribution in [0.15, 0.2) is 42.5 Å². The Morgan fingerprint density at radius 1 is 1.10 bits per heavy atom. The Morgan fingerprint density at radius 3 is 2.52 bits per heavy atom. The molecule has 3 rings (SSSR count). The molecule has 0 radical (unpaired) electrons. The number of benzene rings is 2. The van der Waals surface area contributed by atoms with Gasteiger partial charge in [-0.3, -0.25) is 9.59 Å². The van der Waals surface area contributed by atoms with E-state index in [0.29, 0.717) is 17.8 Å². The van der Waals surface area contributed by atoms with E-state index in [-0.39, 0.29) is 23.8 Å². The summed E-state index contributed by atoms with van der Waals surface area (Å²) in [4.78, 5) is 33.6. The van der Waals surface area contributed by atoms with Crippen molar-refractivity contribution in [1.29, 1.82) is 0 Å². The van der Waals surface area contributed by atoms with Gasteiger partial charge in [0.1, 0.15) is 17.6 Å². The number of amides is 2. The van der Waals surface area contributed by atoms with E-state index in [1.807, 2.05) is 64.1 Å². The van der Waals surface area contributed by atoms with Crippen LogP contribution < -0.4 is 15.4 Å². The van der Waals surface area contributed by atoms with Gasteiger partial charge in [0.2, 0.25) is 5.91 Å². The lowest BCUT2D eigenvalue weighted by atomic mass is 10.0. The number of H-pyrrole nitrogens is 1. The lowest BCUT2D eigenvalue weighted by Crippen LogP contribution is -2.48. The quantitative estimate of drug-likeness (QED) is 0.513. The molecule has 0 fully saturated rings. The molecule has 7 nitrogen and oxygen atoms in total. The average Bonchev–Trinajstić information content (AvgIpc) is 3.16. The molecule has 0 aliphatic carbocycles. The van der Waals surface area contributed by atoms with E-state index in [1.54, 1.807) is 13.2 Å². The number of rotatable bonds is 8. The minimum Gasteiger partial charge on any atom is -0.497 e. The molecule has 1 heterocycles. The second kappa shape index (κ2) is 9.64. The molecule has 2 atom stereocenters. The maximum Gasteiger partial charge on any atom is 0.252 e. The molecule has 0 bridgehead atoms. The van der Waals surface area contributed by atoms with Gasteiger partial charge in [0.15, 0.2) is 0 Å². The zero-order valence-electron chi connectivity index (χ0n) is 18.7. The van der Waals surface area contributed by atoms with Crippen molar-refractivity contribution in [3.8, 4) is 5.75 Å². The summed E-state index contributed by atoms with van der Waals surface area (Å²) in [5.74, 6) is 1.13. The number of methoxy groups -OCH3 is 1. The molecule has 7 heteroatoms. The summed E-state index contributed by atoms with van der Waals surface area (Å²) in [5.41, 5.74) is 3.07. The molecule has 0 saturated carbocycles. The Bertz CT molecular complexity index is 1070. The lowest BCUT2D eigenvalue weighted by molar-refractivity contribution is -0.124. The van der Waals surface area contributed by atoms with Crippen LogP contribution in [0.4, 0.5) is 0 Å². The first-order valence-corrected chi connectivity index (χ1v) is 10.5. The molecule has 0 saturated heterocycles. The van der Waals surface area contributed by atoms with Gasteiger partial charge >= 0.3 is 0 Å². The Hall–Kier alpha value is -3.35. The van der Waals surface area contributed by atoms with Gasteiger partial charge in [0, 0.05) is 11.6 Å². The summed E-state index contributed by atoms with van der Waals surface area (Å²) in [6.45, 7) is 7.79. The van der Waals surface area contributed by atoms with Crippen LogP contribution >= 0.6 is 0 Å². The van der Waals surface area contributed by atoms with Gasteiger partial charge in [-0.05, 0) is 49.9 Å². The van der Waals surface area contributed by atoms with Gasteiger partial charge < -0.3 is 20.4 Å². The third kappa shape index (κ3) is 5.42. The van der Waals surface area contributed by atoms with Crippen molar-refractivity contribution >= 4 is 22.8 Å². The van der Waals surface area contributed by atoms with Crippen molar-refractivity contribution in [2.75, 3.05) is 7.11 Å². The maximum absolute atomic E-state index is 13.0. The number of aromatic amines is 1. The fraction of sp³-hybridized carbons (Fsp3) is 0.375. The highest BCUT2D eigenvalue weighted by Gasteiger charge is 2.25. The lowest BCUT2D eigenvalue weighted by Gasteiger charge is -2.22. The van der Waals surface area contributed by atoms with Crippen LogP contribution in [0.25, 0.3) is 11.0 Å². The van der Waals surface area contributed by atoms with Gasteiger partial charge in [-0.2, -0.15) is 0 Å². The summed E-state index contributed by atoms with van der Waals surface area (Å²) >= 11 is 0. The van der Waals surface area contributed by atoms with E-state index in [0.717, 1.165) is 22.3 Å². The highest BCUT2D eigenvalue weighted by atomic mass is 16.5. The van der Waals surface area contributed by atoms with Crippen molar-refractivity contribution in [2.45, 2.75) is 46.2 Å². The molecule has 1 aromatic heterocycles. The normalized spacial score (nSPS) is 13.1. The number of nitrogens with zero attached hydrogens (tertiary/aromatic N) is 1. The monoisotopic (exact) mass is 422 g/mol. The molecule has 0 spiro atoms. The van der Waals surface area contributed by atoms with Gasteiger partial charge in [-0.1, -0.05) is 32.0 Å². The molecule has 3 aromatic rings. The van der Waals surface area contributed by atoms with Crippen LogP contribution in [0, 0.1) is 12.8 Å². The van der Waals surface area contributed by atoms with E-state index in [2.05, 4.69) is 20.6 Å². The van der Waals surface area contributed by atoms with Crippen molar-refractivity contribution in [3.63, 3.8) is 0 Å². The number of fused-ring (bicyclic) bond motifs is 1. The second-order valence-electron chi connectivity index (χ2n) is 8.21. The minimum atomic E-state index is -0.640. The largest absolute Gasteiger partial charge is 0.497 e. The third-order valence-corrected chi connectivity index (χ3v) is 5.19. The van der Waals surface area contributed by atoms with Crippen LogP contribution in [0.3, 0.4) is 0 Å². The molecule has 0 unspecified atom stereocenters. The van der Waals surface area contributed by atoms with Crippen LogP contribution in [-0.2, 0) is 4.79 Å². The molecule has 164 valence electrons. The molecule has 3 N–H and O–H groups in total. The van der Waals surface area contributed by atoms with Crippen molar-refractivity contribution in [3.05, 3.63) is 59.4 Å². The molecular formula is C24H30N4O3. The molecule has 0 aliphatic rings. The first-order chi connectivity index (χ1) is 14.8. The van der Waals surface area contributed by atoms with Crippen molar-refractivity contribution in [2.24, 2.45) is 5.92 Å². The summed E-state index contributed by atoms with van der Waals surface area (Å²) in [6, 6.07) is 11.9. The van der Waals surface area contributed by atoms with E-state index in [1.165, 1.54) is 0 Å². The average molecular weight is 423 g/mol. The van der Waals surface area contributed by atoms with Gasteiger partial charge in [0.25, 0.3) is 5.91 Å². The van der Waals surface area contributed by atoms with Crippen molar-refractivity contribution in [1.82, 2.24) is 20.6 Å². The summed E-state index contributed by atoms with van der Waals surface area (Å²) < 4.78 is 5.25. The fourth-order valence-corrected chi connectivity index (χ4v) is 3.49. The van der Waals surface area contributed by atoms with Crippen LogP contribution in [0.5, 0.6) is 5.75 Å². The van der Waals surface area contributed by atoms with E-state index in [9.17, 15) is 9.59 Å². The Morgan fingerprint density at radius 2 is 1.84 bits per heavy atom. The first kappa shape index (κ1) is 22.3. The first-order valence-electron chi connectivity index (χ1n) is 10.5. The van der Waals surface area contributed by atoms with Crippen LogP contribution in [0.1, 0.15) is 55.0 Å². The number of carbonyl (C=O) groups is 2. The molecule has 2 amide bonds. The minimum absolute atomic E-state index is 0.235. The van der Waals surface area contributed by atoms with Gasteiger partial charge in [-0.15, -0.1) is 0 Å². The molecule has 0 aliphatic heterocycles. The van der Waals surface area contributed by atoms with Gasteiger partial charge in [-0.25, -0.2) is 4.98 Å². The standard InChI is InChI=1S/C24H30N4O3/c1-14(2)12-21(28-23(29)18-9-7-6-8-15(18)3)24(30)25-16(4)22-26-19-11-10-17(31-5)13-20(19)27-22/h6-11,13-14,16,21H,12H2,1-5H3,(H,25,30)(H,26,27)(H,28,29)/t16-,21-/m1/s1. The third-order valence-electron chi connectivity index (χ3n) is 5.19. The number of hydrogen-bond donors (Lipinski definition) is 3. The number of ether oxygens (including phenoxy) is 1. The maximum atomic E-state index is 13.0.